The summed E-state index contributed by atoms with van der Waals surface area (Å²) >= 11 is 5.67. The lowest BCUT2D eigenvalue weighted by molar-refractivity contribution is 0.296. The van der Waals surface area contributed by atoms with Crippen molar-refractivity contribution in [2.75, 3.05) is 12.5 Å². The van der Waals surface area contributed by atoms with E-state index in [4.69, 9.17) is 16.3 Å². The molecule has 0 aliphatic rings. The topological polar surface area (TPSA) is 39.9 Å². The monoisotopic (exact) mass is 307 g/mol. The predicted octanol–water partition coefficient (Wildman–Crippen LogP) is 3.54. The summed E-state index contributed by atoms with van der Waals surface area (Å²) in [6.45, 7) is 5.64. The molecule has 21 heavy (non-hydrogen) atoms. The van der Waals surface area contributed by atoms with Crippen LogP contribution >= 0.6 is 11.6 Å². The van der Waals surface area contributed by atoms with Crippen LogP contribution in [0.4, 0.5) is 0 Å². The average molecular weight is 308 g/mol. The van der Waals surface area contributed by atoms with Gasteiger partial charge in [-0.25, -0.2) is 0 Å². The first-order valence-corrected chi connectivity index (χ1v) is 7.87. The number of rotatable bonds is 8. The molecule has 0 N–H and O–H groups in total. The van der Waals surface area contributed by atoms with Crippen LogP contribution in [0.25, 0.3) is 0 Å². The van der Waals surface area contributed by atoms with Crippen LogP contribution in [0.5, 0.6) is 5.75 Å². The Morgan fingerprint density at radius 3 is 2.90 bits per heavy atom. The molecule has 1 aromatic heterocycles. The number of aromatic nitrogens is 3. The first-order valence-electron chi connectivity index (χ1n) is 7.34. The molecule has 2 rings (SSSR count). The van der Waals surface area contributed by atoms with Gasteiger partial charge >= 0.3 is 0 Å². The number of aryl methyl sites for hydroxylation is 4. The van der Waals surface area contributed by atoms with Crippen LogP contribution < -0.4 is 4.74 Å². The molecule has 1 heterocycles. The summed E-state index contributed by atoms with van der Waals surface area (Å²) in [5, 5.41) is 8.24. The lowest BCUT2D eigenvalue weighted by Gasteiger charge is -2.09. The normalized spacial score (nSPS) is 10.8. The van der Waals surface area contributed by atoms with Gasteiger partial charge in [0.2, 0.25) is 0 Å². The highest BCUT2D eigenvalue weighted by atomic mass is 35.5. The minimum absolute atomic E-state index is 0.663. The number of ether oxygens (including phenoxy) is 1. The van der Waals surface area contributed by atoms with Crippen molar-refractivity contribution in [3.8, 4) is 5.75 Å². The number of benzene rings is 1. The molecule has 1 aromatic carbocycles. The van der Waals surface area contributed by atoms with Crippen molar-refractivity contribution in [2.45, 2.75) is 39.7 Å². The molecule has 0 atom stereocenters. The third-order valence-electron chi connectivity index (χ3n) is 3.29. The Hall–Kier alpha value is -1.55. The average Bonchev–Trinajstić information content (AvgIpc) is 2.92. The lowest BCUT2D eigenvalue weighted by Crippen LogP contribution is -2.05. The molecule has 0 radical (unpaired) electrons. The fourth-order valence-corrected chi connectivity index (χ4v) is 2.22. The van der Waals surface area contributed by atoms with Gasteiger partial charge < -0.3 is 4.74 Å². The zero-order valence-corrected chi connectivity index (χ0v) is 13.4. The van der Waals surface area contributed by atoms with Crippen LogP contribution in [-0.2, 0) is 13.0 Å². The molecule has 0 aliphatic heterocycles. The Balaban J connectivity index is 1.74. The second-order valence-corrected chi connectivity index (χ2v) is 5.61. The second kappa shape index (κ2) is 8.03. The van der Waals surface area contributed by atoms with E-state index in [0.717, 1.165) is 37.3 Å². The Morgan fingerprint density at radius 1 is 1.24 bits per heavy atom. The predicted molar refractivity (Wildman–Crippen MR) is 85.1 cm³/mol. The van der Waals surface area contributed by atoms with Gasteiger partial charge in [-0.05, 0) is 43.9 Å². The summed E-state index contributed by atoms with van der Waals surface area (Å²) in [7, 11) is 0. The van der Waals surface area contributed by atoms with Gasteiger partial charge in [-0.3, -0.25) is 4.68 Å². The van der Waals surface area contributed by atoms with Gasteiger partial charge in [0.25, 0.3) is 0 Å². The summed E-state index contributed by atoms with van der Waals surface area (Å²) in [5.74, 6) is 1.63. The van der Waals surface area contributed by atoms with Crippen molar-refractivity contribution in [1.29, 1.82) is 0 Å². The first kappa shape index (κ1) is 15.8. The number of hydrogen-bond acceptors (Lipinski definition) is 3. The van der Waals surface area contributed by atoms with Crippen molar-refractivity contribution < 1.29 is 4.74 Å². The SMILES string of the molecule is Cc1ccc(C)c(OCCCn2cc(CCCCl)nn2)c1. The van der Waals surface area contributed by atoms with E-state index in [1.165, 1.54) is 11.1 Å². The molecule has 0 bridgehead atoms. The van der Waals surface area contributed by atoms with Gasteiger partial charge in [0.05, 0.1) is 12.3 Å². The van der Waals surface area contributed by atoms with Gasteiger partial charge in [-0.15, -0.1) is 16.7 Å². The molecule has 2 aromatic rings. The van der Waals surface area contributed by atoms with Crippen LogP contribution in [0.15, 0.2) is 24.4 Å². The third-order valence-corrected chi connectivity index (χ3v) is 3.55. The maximum atomic E-state index is 5.83. The summed E-state index contributed by atoms with van der Waals surface area (Å²) in [6.07, 6.45) is 4.73. The number of nitrogens with zero attached hydrogens (tertiary/aromatic N) is 3. The summed E-state index contributed by atoms with van der Waals surface area (Å²) in [6, 6.07) is 6.26. The highest BCUT2D eigenvalue weighted by Crippen LogP contribution is 2.19. The maximum absolute atomic E-state index is 5.83. The Kier molecular flexibility index (Phi) is 6.05. The highest BCUT2D eigenvalue weighted by molar-refractivity contribution is 6.17. The minimum Gasteiger partial charge on any atom is -0.493 e. The fourth-order valence-electron chi connectivity index (χ4n) is 2.08. The molecule has 0 aliphatic carbocycles. The van der Waals surface area contributed by atoms with Gasteiger partial charge in [0.15, 0.2) is 0 Å². The van der Waals surface area contributed by atoms with E-state index >= 15 is 0 Å². The zero-order chi connectivity index (χ0) is 15.1. The van der Waals surface area contributed by atoms with E-state index in [-0.39, 0.29) is 0 Å². The van der Waals surface area contributed by atoms with E-state index in [1.807, 2.05) is 10.9 Å². The standard InChI is InChI=1S/C16H22ClN3O/c1-13-6-7-14(2)16(11-13)21-10-4-9-20-12-15(18-19-20)5-3-8-17/h6-7,11-12H,3-5,8-10H2,1-2H3. The summed E-state index contributed by atoms with van der Waals surface area (Å²) < 4.78 is 7.70. The zero-order valence-electron chi connectivity index (χ0n) is 12.7. The smallest absolute Gasteiger partial charge is 0.122 e. The van der Waals surface area contributed by atoms with E-state index in [2.05, 4.69) is 42.4 Å². The molecule has 0 fully saturated rings. The molecule has 0 spiro atoms. The molecule has 5 heteroatoms. The van der Waals surface area contributed by atoms with E-state index in [0.29, 0.717) is 12.5 Å². The molecular formula is C16H22ClN3O. The van der Waals surface area contributed by atoms with E-state index in [1.54, 1.807) is 0 Å². The fraction of sp³-hybridized carbons (Fsp3) is 0.500. The molecule has 4 nitrogen and oxygen atoms in total. The second-order valence-electron chi connectivity index (χ2n) is 5.24. The van der Waals surface area contributed by atoms with Crippen LogP contribution in [-0.4, -0.2) is 27.5 Å². The van der Waals surface area contributed by atoms with Gasteiger partial charge in [0, 0.05) is 25.0 Å². The van der Waals surface area contributed by atoms with Gasteiger partial charge in [0.1, 0.15) is 5.75 Å². The van der Waals surface area contributed by atoms with Crippen molar-refractivity contribution in [3.05, 3.63) is 41.2 Å². The first-order chi connectivity index (χ1) is 10.2. The number of halogens is 1. The van der Waals surface area contributed by atoms with E-state index in [9.17, 15) is 0 Å². The Labute approximate surface area is 131 Å². The Bertz CT molecular complexity index is 568. The van der Waals surface area contributed by atoms with Crippen LogP contribution in [0, 0.1) is 13.8 Å². The molecule has 114 valence electrons. The highest BCUT2D eigenvalue weighted by Gasteiger charge is 2.02. The van der Waals surface area contributed by atoms with E-state index < -0.39 is 0 Å². The van der Waals surface area contributed by atoms with Crippen molar-refractivity contribution in [2.24, 2.45) is 0 Å². The number of hydrogen-bond donors (Lipinski definition) is 0. The number of alkyl halides is 1. The largest absolute Gasteiger partial charge is 0.493 e. The van der Waals surface area contributed by atoms with Gasteiger partial charge in [-0.2, -0.15) is 0 Å². The van der Waals surface area contributed by atoms with Crippen LogP contribution in [0.2, 0.25) is 0 Å². The third kappa shape index (κ3) is 5.05. The van der Waals surface area contributed by atoms with Crippen LogP contribution in [0.3, 0.4) is 0 Å². The molecular weight excluding hydrogens is 286 g/mol. The lowest BCUT2D eigenvalue weighted by atomic mass is 10.1. The summed E-state index contributed by atoms with van der Waals surface area (Å²) in [4.78, 5) is 0. The quantitative estimate of drug-likeness (QED) is 0.553. The molecule has 0 amide bonds. The molecule has 0 saturated heterocycles. The minimum atomic E-state index is 0.663. The summed E-state index contributed by atoms with van der Waals surface area (Å²) in [5.41, 5.74) is 3.40. The maximum Gasteiger partial charge on any atom is 0.122 e. The Morgan fingerprint density at radius 2 is 2.10 bits per heavy atom. The van der Waals surface area contributed by atoms with Crippen LogP contribution in [0.1, 0.15) is 29.7 Å². The van der Waals surface area contributed by atoms with Gasteiger partial charge in [-0.1, -0.05) is 17.3 Å². The van der Waals surface area contributed by atoms with Crippen molar-refractivity contribution in [1.82, 2.24) is 15.0 Å². The van der Waals surface area contributed by atoms with Crippen molar-refractivity contribution in [3.63, 3.8) is 0 Å². The molecule has 0 unspecified atom stereocenters. The van der Waals surface area contributed by atoms with Crippen molar-refractivity contribution >= 4 is 11.6 Å². The molecule has 0 saturated carbocycles.